The molecule has 0 amide bonds. The fourth-order valence-corrected chi connectivity index (χ4v) is 4.45. The molecule has 2 heterocycles. The van der Waals surface area contributed by atoms with Crippen LogP contribution in [0.2, 0.25) is 0 Å². The highest BCUT2D eigenvalue weighted by Crippen LogP contribution is 2.26. The molecule has 1 saturated carbocycles. The third-order valence-corrected chi connectivity index (χ3v) is 5.88. The number of nitrogens with zero attached hydrogens (tertiary/aromatic N) is 4. The smallest absolute Gasteiger partial charge is 0.122 e. The van der Waals surface area contributed by atoms with Crippen LogP contribution < -0.4 is 0 Å². The van der Waals surface area contributed by atoms with Gasteiger partial charge >= 0.3 is 0 Å². The lowest BCUT2D eigenvalue weighted by Crippen LogP contribution is -2.54. The summed E-state index contributed by atoms with van der Waals surface area (Å²) in [6, 6.07) is 0.496. The van der Waals surface area contributed by atoms with Crippen molar-refractivity contribution in [1.29, 1.82) is 0 Å². The molecule has 0 aromatic carbocycles. The van der Waals surface area contributed by atoms with Gasteiger partial charge in [0.05, 0.1) is 6.54 Å². The first-order valence-corrected chi connectivity index (χ1v) is 9.87. The van der Waals surface area contributed by atoms with Crippen LogP contribution >= 0.6 is 0 Å². The van der Waals surface area contributed by atoms with Crippen molar-refractivity contribution >= 4 is 0 Å². The van der Waals surface area contributed by atoms with Crippen molar-refractivity contribution in [3.05, 3.63) is 18.2 Å². The minimum Gasteiger partial charge on any atom is -0.396 e. The fraction of sp³-hybridized carbons (Fsp3) is 0.842. The lowest BCUT2D eigenvalue weighted by Gasteiger charge is -2.43. The predicted octanol–water partition coefficient (Wildman–Crippen LogP) is 2.35. The number of hydrogen-bond donors (Lipinski definition) is 1. The van der Waals surface area contributed by atoms with Gasteiger partial charge in [0.25, 0.3) is 0 Å². The van der Waals surface area contributed by atoms with E-state index in [2.05, 4.69) is 32.5 Å². The average molecular weight is 335 g/mol. The molecule has 1 aromatic heterocycles. The van der Waals surface area contributed by atoms with Crippen molar-refractivity contribution in [2.24, 2.45) is 5.92 Å². The monoisotopic (exact) mass is 334 g/mol. The number of aliphatic hydroxyl groups excluding tert-OH is 1. The highest BCUT2D eigenvalue weighted by molar-refractivity contribution is 4.94. The van der Waals surface area contributed by atoms with Gasteiger partial charge in [0.15, 0.2) is 0 Å². The second-order valence-electron chi connectivity index (χ2n) is 7.53. The van der Waals surface area contributed by atoms with E-state index in [0.717, 1.165) is 45.1 Å². The van der Waals surface area contributed by atoms with E-state index in [-0.39, 0.29) is 0 Å². The van der Waals surface area contributed by atoms with Crippen LogP contribution in [0, 0.1) is 5.92 Å². The van der Waals surface area contributed by atoms with Gasteiger partial charge in [-0.1, -0.05) is 19.3 Å². The Balaban J connectivity index is 1.56. The minimum atomic E-state index is 0.295. The lowest BCUT2D eigenvalue weighted by molar-refractivity contribution is 0.0386. The maximum absolute atomic E-state index is 9.51. The van der Waals surface area contributed by atoms with Crippen molar-refractivity contribution in [3.63, 3.8) is 0 Å². The maximum atomic E-state index is 9.51. The fourth-order valence-electron chi connectivity index (χ4n) is 4.45. The summed E-state index contributed by atoms with van der Waals surface area (Å²) in [4.78, 5) is 9.70. The largest absolute Gasteiger partial charge is 0.396 e. The molecule has 1 saturated heterocycles. The Hall–Kier alpha value is -0.910. The predicted molar refractivity (Wildman–Crippen MR) is 96.8 cm³/mol. The summed E-state index contributed by atoms with van der Waals surface area (Å²) in [5.41, 5.74) is 0. The minimum absolute atomic E-state index is 0.295. The first-order chi connectivity index (χ1) is 11.8. The molecule has 136 valence electrons. The van der Waals surface area contributed by atoms with E-state index in [1.165, 1.54) is 44.5 Å². The summed E-state index contributed by atoms with van der Waals surface area (Å²) < 4.78 is 2.23. The molecule has 5 nitrogen and oxygen atoms in total. The summed E-state index contributed by atoms with van der Waals surface area (Å²) >= 11 is 0. The van der Waals surface area contributed by atoms with E-state index in [9.17, 15) is 5.11 Å². The van der Waals surface area contributed by atoms with Crippen LogP contribution in [0.3, 0.4) is 0 Å². The molecule has 5 heteroatoms. The van der Waals surface area contributed by atoms with Gasteiger partial charge < -0.3 is 9.67 Å². The molecule has 24 heavy (non-hydrogen) atoms. The molecule has 1 N–H and O–H groups in total. The molecule has 0 bridgehead atoms. The van der Waals surface area contributed by atoms with Crippen LogP contribution in [-0.4, -0.2) is 63.3 Å². The third kappa shape index (κ3) is 4.58. The molecule has 0 radical (unpaired) electrons. The highest BCUT2D eigenvalue weighted by atomic mass is 16.3. The van der Waals surface area contributed by atoms with E-state index in [1.807, 2.05) is 6.20 Å². The van der Waals surface area contributed by atoms with Gasteiger partial charge in [0.2, 0.25) is 0 Å². The van der Waals surface area contributed by atoms with Gasteiger partial charge in [-0.15, -0.1) is 0 Å². The molecule has 2 fully saturated rings. The Morgan fingerprint density at radius 2 is 2.04 bits per heavy atom. The van der Waals surface area contributed by atoms with Gasteiger partial charge in [0.1, 0.15) is 5.82 Å². The van der Waals surface area contributed by atoms with Gasteiger partial charge in [-0.05, 0) is 32.1 Å². The Bertz CT molecular complexity index is 483. The highest BCUT2D eigenvalue weighted by Gasteiger charge is 2.29. The Morgan fingerprint density at radius 1 is 1.21 bits per heavy atom. The molecule has 0 spiro atoms. The number of aliphatic hydroxyl groups is 1. The summed E-state index contributed by atoms with van der Waals surface area (Å²) in [6.07, 6.45) is 11.9. The van der Waals surface area contributed by atoms with E-state index in [4.69, 9.17) is 0 Å². The van der Waals surface area contributed by atoms with Crippen LogP contribution in [0.4, 0.5) is 0 Å². The number of aryl methyl sites for hydroxylation is 1. The molecule has 1 aliphatic heterocycles. The molecule has 1 unspecified atom stereocenters. The van der Waals surface area contributed by atoms with Crippen LogP contribution in [0.25, 0.3) is 0 Å². The van der Waals surface area contributed by atoms with Gasteiger partial charge in [0, 0.05) is 57.8 Å². The van der Waals surface area contributed by atoms with E-state index < -0.39 is 0 Å². The molecule has 1 aromatic rings. The second-order valence-corrected chi connectivity index (χ2v) is 7.53. The normalized spacial score (nSPS) is 24.5. The third-order valence-electron chi connectivity index (χ3n) is 5.88. The second kappa shape index (κ2) is 8.97. The number of aromatic nitrogens is 2. The maximum Gasteiger partial charge on any atom is 0.122 e. The number of piperazine rings is 1. The quantitative estimate of drug-likeness (QED) is 0.831. The lowest BCUT2D eigenvalue weighted by atomic mass is 9.88. The summed E-state index contributed by atoms with van der Waals surface area (Å²) in [5.74, 6) is 2.05. The molecular formula is C19H34N4O. The summed E-state index contributed by atoms with van der Waals surface area (Å²) in [6.45, 7) is 8.92. The van der Waals surface area contributed by atoms with E-state index >= 15 is 0 Å². The first-order valence-electron chi connectivity index (χ1n) is 9.87. The zero-order chi connectivity index (χ0) is 16.8. The van der Waals surface area contributed by atoms with Crippen LogP contribution in [-0.2, 0) is 13.1 Å². The molecule has 3 rings (SSSR count). The van der Waals surface area contributed by atoms with Crippen molar-refractivity contribution in [2.45, 2.75) is 64.6 Å². The average Bonchev–Trinajstić information content (AvgIpc) is 3.05. The number of rotatable bonds is 7. The first kappa shape index (κ1) is 17.9. The molecular weight excluding hydrogens is 300 g/mol. The Kier molecular flexibility index (Phi) is 6.69. The zero-order valence-electron chi connectivity index (χ0n) is 15.2. The number of hydrogen-bond acceptors (Lipinski definition) is 4. The van der Waals surface area contributed by atoms with Crippen molar-refractivity contribution in [1.82, 2.24) is 19.4 Å². The standard InChI is InChI=1S/C19H34N4O/c1-2-22-10-9-20-19(22)16-21-11-12-23(18(15-21)8-13-24)14-17-6-4-3-5-7-17/h9-10,17-18,24H,2-8,11-16H2,1H3. The van der Waals surface area contributed by atoms with E-state index in [0.29, 0.717) is 12.6 Å². The summed E-state index contributed by atoms with van der Waals surface area (Å²) in [5, 5.41) is 9.51. The van der Waals surface area contributed by atoms with Crippen molar-refractivity contribution in [2.75, 3.05) is 32.8 Å². The van der Waals surface area contributed by atoms with E-state index in [1.54, 1.807) is 0 Å². The molecule has 1 atom stereocenters. The molecule has 2 aliphatic rings. The SMILES string of the molecule is CCn1ccnc1CN1CCN(CC2CCCCC2)C(CCO)C1. The van der Waals surface area contributed by atoms with Crippen molar-refractivity contribution < 1.29 is 5.11 Å². The Labute approximate surface area is 146 Å². The van der Waals surface area contributed by atoms with Crippen LogP contribution in [0.15, 0.2) is 12.4 Å². The summed E-state index contributed by atoms with van der Waals surface area (Å²) in [7, 11) is 0. The molecule has 1 aliphatic carbocycles. The van der Waals surface area contributed by atoms with Crippen LogP contribution in [0.5, 0.6) is 0 Å². The van der Waals surface area contributed by atoms with Gasteiger partial charge in [-0.25, -0.2) is 4.98 Å². The topological polar surface area (TPSA) is 44.5 Å². The van der Waals surface area contributed by atoms with Gasteiger partial charge in [-0.2, -0.15) is 0 Å². The number of imidazole rings is 1. The van der Waals surface area contributed by atoms with Crippen molar-refractivity contribution in [3.8, 4) is 0 Å². The van der Waals surface area contributed by atoms with Gasteiger partial charge in [-0.3, -0.25) is 9.80 Å². The van der Waals surface area contributed by atoms with Crippen LogP contribution in [0.1, 0.15) is 51.3 Å². The zero-order valence-corrected chi connectivity index (χ0v) is 15.2. The Morgan fingerprint density at radius 3 is 2.79 bits per heavy atom.